The van der Waals surface area contributed by atoms with Crippen LogP contribution in [0.4, 0.5) is 11.4 Å². The molecule has 1 fully saturated rings. The number of carbonyl (C=O) groups is 1. The zero-order valence-corrected chi connectivity index (χ0v) is 16.5. The molecular formula is C20H25N3O3S. The number of carbonyl (C=O) groups excluding carboxylic acids is 1. The molecule has 0 unspecified atom stereocenters. The lowest BCUT2D eigenvalue weighted by molar-refractivity contribution is 0.102. The minimum atomic E-state index is -3.35. The number of hydrogen-bond acceptors (Lipinski definition) is 4. The largest absolute Gasteiger partial charge is 0.322 e. The van der Waals surface area contributed by atoms with Crippen LogP contribution in [0.1, 0.15) is 28.8 Å². The zero-order valence-electron chi connectivity index (χ0n) is 15.7. The Morgan fingerprint density at radius 3 is 2.41 bits per heavy atom. The van der Waals surface area contributed by atoms with Crippen molar-refractivity contribution in [3.8, 4) is 0 Å². The summed E-state index contributed by atoms with van der Waals surface area (Å²) in [4.78, 5) is 14.9. The van der Waals surface area contributed by atoms with Crippen molar-refractivity contribution in [2.24, 2.45) is 0 Å². The first-order valence-corrected chi connectivity index (χ1v) is 10.8. The standard InChI is InChI=1S/C20H25N3O3S/c1-22(27(2,25)26)19-7-5-6-18(14-19)21-20(24)17-10-8-16(9-11-17)15-23-12-3-4-13-23/h5-11,14H,3-4,12-13,15H2,1-2H3,(H,21,24). The first kappa shape index (κ1) is 19.4. The number of amides is 1. The van der Waals surface area contributed by atoms with Gasteiger partial charge in [-0.05, 0) is 61.8 Å². The van der Waals surface area contributed by atoms with Crippen molar-refractivity contribution in [1.82, 2.24) is 4.90 Å². The maximum absolute atomic E-state index is 12.5. The highest BCUT2D eigenvalue weighted by atomic mass is 32.2. The van der Waals surface area contributed by atoms with E-state index in [2.05, 4.69) is 10.2 Å². The molecule has 1 heterocycles. The Morgan fingerprint density at radius 1 is 1.11 bits per heavy atom. The van der Waals surface area contributed by atoms with Crippen molar-refractivity contribution in [1.29, 1.82) is 0 Å². The molecule has 0 atom stereocenters. The van der Waals surface area contributed by atoms with Gasteiger partial charge in [-0.1, -0.05) is 18.2 Å². The van der Waals surface area contributed by atoms with E-state index in [0.29, 0.717) is 16.9 Å². The van der Waals surface area contributed by atoms with Crippen LogP contribution in [0, 0.1) is 0 Å². The lowest BCUT2D eigenvalue weighted by Gasteiger charge is -2.17. The molecule has 1 aliphatic heterocycles. The average molecular weight is 388 g/mol. The van der Waals surface area contributed by atoms with Gasteiger partial charge in [-0.2, -0.15) is 0 Å². The van der Waals surface area contributed by atoms with E-state index in [1.54, 1.807) is 24.3 Å². The van der Waals surface area contributed by atoms with Crippen LogP contribution in [0.15, 0.2) is 48.5 Å². The van der Waals surface area contributed by atoms with Crippen LogP contribution in [0.3, 0.4) is 0 Å². The summed E-state index contributed by atoms with van der Waals surface area (Å²) in [6.45, 7) is 3.20. The molecule has 27 heavy (non-hydrogen) atoms. The van der Waals surface area contributed by atoms with Gasteiger partial charge < -0.3 is 5.32 Å². The fourth-order valence-corrected chi connectivity index (χ4v) is 3.63. The number of rotatable bonds is 6. The number of nitrogens with zero attached hydrogens (tertiary/aromatic N) is 2. The third-order valence-electron chi connectivity index (χ3n) is 4.79. The number of hydrogen-bond donors (Lipinski definition) is 1. The fourth-order valence-electron chi connectivity index (χ4n) is 3.13. The van der Waals surface area contributed by atoms with Gasteiger partial charge in [0.1, 0.15) is 0 Å². The lowest BCUT2D eigenvalue weighted by Crippen LogP contribution is -2.24. The highest BCUT2D eigenvalue weighted by molar-refractivity contribution is 7.92. The Bertz CT molecular complexity index is 904. The normalized spacial score (nSPS) is 14.9. The fraction of sp³-hybridized carbons (Fsp3) is 0.350. The monoisotopic (exact) mass is 387 g/mol. The Balaban J connectivity index is 1.66. The second-order valence-electron chi connectivity index (χ2n) is 6.92. The van der Waals surface area contributed by atoms with E-state index in [9.17, 15) is 13.2 Å². The molecule has 0 aromatic heterocycles. The van der Waals surface area contributed by atoms with E-state index >= 15 is 0 Å². The van der Waals surface area contributed by atoms with E-state index in [0.717, 1.165) is 25.9 Å². The third-order valence-corrected chi connectivity index (χ3v) is 5.99. The number of anilines is 2. The number of nitrogens with one attached hydrogen (secondary N) is 1. The van der Waals surface area contributed by atoms with Gasteiger partial charge in [-0.25, -0.2) is 8.42 Å². The molecule has 2 aromatic carbocycles. The van der Waals surface area contributed by atoms with Crippen LogP contribution in [0.5, 0.6) is 0 Å². The van der Waals surface area contributed by atoms with Crippen molar-refractivity contribution in [2.75, 3.05) is 36.0 Å². The first-order chi connectivity index (χ1) is 12.8. The molecule has 0 bridgehead atoms. The minimum absolute atomic E-state index is 0.220. The Kier molecular flexibility index (Phi) is 5.82. The van der Waals surface area contributed by atoms with Crippen LogP contribution in [0.2, 0.25) is 0 Å². The highest BCUT2D eigenvalue weighted by Gasteiger charge is 2.14. The van der Waals surface area contributed by atoms with E-state index in [-0.39, 0.29) is 5.91 Å². The van der Waals surface area contributed by atoms with Gasteiger partial charge in [0.05, 0.1) is 11.9 Å². The van der Waals surface area contributed by atoms with Crippen LogP contribution < -0.4 is 9.62 Å². The molecule has 1 aliphatic rings. The van der Waals surface area contributed by atoms with Gasteiger partial charge in [-0.3, -0.25) is 14.0 Å². The highest BCUT2D eigenvalue weighted by Crippen LogP contribution is 2.21. The summed E-state index contributed by atoms with van der Waals surface area (Å²) in [5.74, 6) is -0.220. The summed E-state index contributed by atoms with van der Waals surface area (Å²) in [7, 11) is -1.87. The summed E-state index contributed by atoms with van der Waals surface area (Å²) in [5.41, 5.74) is 2.82. The SMILES string of the molecule is CN(c1cccc(NC(=O)c2ccc(CN3CCCC3)cc2)c1)S(C)(=O)=O. The van der Waals surface area contributed by atoms with Gasteiger partial charge >= 0.3 is 0 Å². The number of likely N-dealkylation sites (tertiary alicyclic amines) is 1. The van der Waals surface area contributed by atoms with E-state index in [1.165, 1.54) is 29.8 Å². The summed E-state index contributed by atoms with van der Waals surface area (Å²) in [5, 5.41) is 2.83. The Labute approximate surface area is 160 Å². The molecule has 2 aromatic rings. The number of benzene rings is 2. The molecule has 0 saturated carbocycles. The predicted octanol–water partition coefficient (Wildman–Crippen LogP) is 2.93. The van der Waals surface area contributed by atoms with Crippen LogP contribution in [-0.4, -0.2) is 45.6 Å². The maximum Gasteiger partial charge on any atom is 0.255 e. The molecule has 1 saturated heterocycles. The van der Waals surface area contributed by atoms with Gasteiger partial charge in [0.25, 0.3) is 5.91 Å². The van der Waals surface area contributed by atoms with Crippen molar-refractivity contribution in [3.63, 3.8) is 0 Å². The molecule has 3 rings (SSSR count). The van der Waals surface area contributed by atoms with Gasteiger partial charge in [0, 0.05) is 24.8 Å². The predicted molar refractivity (Wildman–Crippen MR) is 109 cm³/mol. The van der Waals surface area contributed by atoms with Crippen molar-refractivity contribution in [2.45, 2.75) is 19.4 Å². The van der Waals surface area contributed by atoms with E-state index in [4.69, 9.17) is 0 Å². The summed E-state index contributed by atoms with van der Waals surface area (Å²) >= 11 is 0. The Hall–Kier alpha value is -2.38. The van der Waals surface area contributed by atoms with Crippen molar-refractivity contribution < 1.29 is 13.2 Å². The van der Waals surface area contributed by atoms with Crippen molar-refractivity contribution in [3.05, 3.63) is 59.7 Å². The quantitative estimate of drug-likeness (QED) is 0.827. The topological polar surface area (TPSA) is 69.7 Å². The van der Waals surface area contributed by atoms with E-state index < -0.39 is 10.0 Å². The summed E-state index contributed by atoms with van der Waals surface area (Å²) in [6, 6.07) is 14.4. The zero-order chi connectivity index (χ0) is 19.4. The molecule has 1 amide bonds. The number of sulfonamides is 1. The Morgan fingerprint density at radius 2 is 1.78 bits per heavy atom. The molecular weight excluding hydrogens is 362 g/mol. The van der Waals surface area contributed by atoms with E-state index in [1.807, 2.05) is 24.3 Å². The summed E-state index contributed by atoms with van der Waals surface area (Å²) < 4.78 is 24.5. The molecule has 0 spiro atoms. The summed E-state index contributed by atoms with van der Waals surface area (Å²) in [6.07, 6.45) is 3.66. The minimum Gasteiger partial charge on any atom is -0.322 e. The van der Waals surface area contributed by atoms with Crippen molar-refractivity contribution >= 4 is 27.3 Å². The smallest absolute Gasteiger partial charge is 0.255 e. The maximum atomic E-state index is 12.5. The molecule has 1 N–H and O–H groups in total. The molecule has 7 heteroatoms. The average Bonchev–Trinajstić information content (AvgIpc) is 3.14. The second-order valence-corrected chi connectivity index (χ2v) is 8.93. The molecule has 144 valence electrons. The lowest BCUT2D eigenvalue weighted by atomic mass is 10.1. The molecule has 0 radical (unpaired) electrons. The molecule has 6 nitrogen and oxygen atoms in total. The van der Waals surface area contributed by atoms with Gasteiger partial charge in [0.2, 0.25) is 10.0 Å². The van der Waals surface area contributed by atoms with Gasteiger partial charge in [-0.15, -0.1) is 0 Å². The first-order valence-electron chi connectivity index (χ1n) is 8.99. The van der Waals surface area contributed by atoms with Gasteiger partial charge in [0.15, 0.2) is 0 Å². The third kappa shape index (κ3) is 5.08. The van der Waals surface area contributed by atoms with Crippen LogP contribution >= 0.6 is 0 Å². The van der Waals surface area contributed by atoms with Crippen LogP contribution in [-0.2, 0) is 16.6 Å². The van der Waals surface area contributed by atoms with Crippen LogP contribution in [0.25, 0.3) is 0 Å². The second kappa shape index (κ2) is 8.10. The molecule has 0 aliphatic carbocycles.